The van der Waals surface area contributed by atoms with Crippen molar-refractivity contribution >= 4 is 11.8 Å². The van der Waals surface area contributed by atoms with Crippen molar-refractivity contribution in [2.75, 3.05) is 7.05 Å². The molecule has 0 bridgehead atoms. The lowest BCUT2D eigenvalue weighted by Crippen LogP contribution is -2.40. The summed E-state index contributed by atoms with van der Waals surface area (Å²) in [6.45, 7) is 5.61. The maximum absolute atomic E-state index is 12.0. The molecule has 0 spiro atoms. The van der Waals surface area contributed by atoms with E-state index in [0.717, 1.165) is 28.9 Å². The Kier molecular flexibility index (Phi) is 2.84. The number of carbonyl (C=O) groups is 2. The van der Waals surface area contributed by atoms with E-state index in [2.05, 4.69) is 6.58 Å². The molecular weight excluding hydrogens is 214 g/mol. The Morgan fingerprint density at radius 2 is 2.06 bits per heavy atom. The molecule has 1 aliphatic carbocycles. The Balaban J connectivity index is 2.73. The molecule has 0 atom stereocenters. The standard InChI is InChI=1S/C14H15NO2/c1-4-9-7-6-8-11-12(9)10(5-2)13(16)15(3)14(11)17/h4-5,8H,2,6-7H2,1,3H3/b9-4-. The van der Waals surface area contributed by atoms with Crippen LogP contribution >= 0.6 is 0 Å². The second-order valence-electron chi connectivity index (χ2n) is 4.13. The first-order chi connectivity index (χ1) is 8.11. The van der Waals surface area contributed by atoms with Gasteiger partial charge in [-0.1, -0.05) is 24.8 Å². The first-order valence-corrected chi connectivity index (χ1v) is 5.67. The summed E-state index contributed by atoms with van der Waals surface area (Å²) in [5.41, 5.74) is 3.02. The minimum atomic E-state index is -0.265. The zero-order chi connectivity index (χ0) is 12.6. The van der Waals surface area contributed by atoms with Crippen LogP contribution in [-0.2, 0) is 9.59 Å². The van der Waals surface area contributed by atoms with Crippen LogP contribution in [0.1, 0.15) is 19.8 Å². The molecule has 2 aliphatic rings. The lowest BCUT2D eigenvalue weighted by atomic mass is 9.82. The predicted molar refractivity (Wildman–Crippen MR) is 66.1 cm³/mol. The van der Waals surface area contributed by atoms with Gasteiger partial charge in [0.1, 0.15) is 0 Å². The molecule has 0 radical (unpaired) electrons. The van der Waals surface area contributed by atoms with E-state index in [-0.39, 0.29) is 11.8 Å². The van der Waals surface area contributed by atoms with Gasteiger partial charge in [-0.3, -0.25) is 14.5 Å². The first kappa shape index (κ1) is 11.6. The van der Waals surface area contributed by atoms with Crippen molar-refractivity contribution in [3.8, 4) is 0 Å². The van der Waals surface area contributed by atoms with Gasteiger partial charge in [0.15, 0.2) is 0 Å². The van der Waals surface area contributed by atoms with Gasteiger partial charge in [-0.25, -0.2) is 0 Å². The van der Waals surface area contributed by atoms with Crippen molar-refractivity contribution in [1.82, 2.24) is 4.90 Å². The summed E-state index contributed by atoms with van der Waals surface area (Å²) in [6.07, 6.45) is 7.14. The van der Waals surface area contributed by atoms with E-state index in [4.69, 9.17) is 0 Å². The second-order valence-corrected chi connectivity index (χ2v) is 4.13. The zero-order valence-corrected chi connectivity index (χ0v) is 10.1. The van der Waals surface area contributed by atoms with E-state index >= 15 is 0 Å². The average molecular weight is 229 g/mol. The maximum Gasteiger partial charge on any atom is 0.261 e. The number of carbonyl (C=O) groups excluding carboxylic acids is 2. The summed E-state index contributed by atoms with van der Waals surface area (Å²) >= 11 is 0. The number of fused-ring (bicyclic) bond motifs is 1. The summed E-state index contributed by atoms with van der Waals surface area (Å²) in [7, 11) is 1.51. The van der Waals surface area contributed by atoms with Crippen LogP contribution in [0, 0.1) is 0 Å². The smallest absolute Gasteiger partial charge is 0.261 e. The Labute approximate surface area is 101 Å². The minimum Gasteiger partial charge on any atom is -0.277 e. The Morgan fingerprint density at radius 1 is 1.35 bits per heavy atom. The average Bonchev–Trinajstić information content (AvgIpc) is 2.36. The van der Waals surface area contributed by atoms with Crippen LogP contribution in [0.2, 0.25) is 0 Å². The Hall–Kier alpha value is -1.90. The van der Waals surface area contributed by atoms with E-state index in [1.807, 2.05) is 19.1 Å². The predicted octanol–water partition coefficient (Wildman–Crippen LogP) is 2.13. The van der Waals surface area contributed by atoms with Crippen LogP contribution in [0.15, 0.2) is 47.1 Å². The maximum atomic E-state index is 12.0. The summed E-state index contributed by atoms with van der Waals surface area (Å²) < 4.78 is 0. The van der Waals surface area contributed by atoms with Gasteiger partial charge in [0.25, 0.3) is 11.8 Å². The minimum absolute atomic E-state index is 0.213. The fourth-order valence-electron chi connectivity index (χ4n) is 2.32. The van der Waals surface area contributed by atoms with Crippen molar-refractivity contribution < 1.29 is 9.59 Å². The summed E-state index contributed by atoms with van der Waals surface area (Å²) in [5, 5.41) is 0. The normalized spacial score (nSPS) is 22.8. The van der Waals surface area contributed by atoms with Crippen LogP contribution < -0.4 is 0 Å². The number of allylic oxidation sites excluding steroid dienone is 3. The van der Waals surface area contributed by atoms with Crippen LogP contribution in [-0.4, -0.2) is 23.8 Å². The van der Waals surface area contributed by atoms with Crippen molar-refractivity contribution in [2.45, 2.75) is 19.8 Å². The number of nitrogens with zero attached hydrogens (tertiary/aromatic N) is 1. The molecule has 2 rings (SSSR count). The van der Waals surface area contributed by atoms with Gasteiger partial charge in [-0.15, -0.1) is 0 Å². The van der Waals surface area contributed by atoms with Gasteiger partial charge >= 0.3 is 0 Å². The lowest BCUT2D eigenvalue weighted by Gasteiger charge is -2.30. The highest BCUT2D eigenvalue weighted by atomic mass is 16.2. The number of likely N-dealkylation sites (N-methyl/N-ethyl adjacent to an activating group) is 1. The number of hydrogen-bond donors (Lipinski definition) is 0. The second kappa shape index (κ2) is 4.17. The molecule has 3 nitrogen and oxygen atoms in total. The monoisotopic (exact) mass is 229 g/mol. The SMILES string of the molecule is C=CC1=C2C(=CCC/C2=C/C)C(=O)N(C)C1=O. The summed E-state index contributed by atoms with van der Waals surface area (Å²) in [6, 6.07) is 0. The fraction of sp³-hybridized carbons (Fsp3) is 0.286. The topological polar surface area (TPSA) is 37.4 Å². The molecular formula is C14H15NO2. The van der Waals surface area contributed by atoms with Crippen LogP contribution in [0.4, 0.5) is 0 Å². The largest absolute Gasteiger partial charge is 0.277 e. The van der Waals surface area contributed by atoms with Gasteiger partial charge in [-0.2, -0.15) is 0 Å². The van der Waals surface area contributed by atoms with Gasteiger partial charge in [-0.05, 0) is 25.3 Å². The highest BCUT2D eigenvalue weighted by Crippen LogP contribution is 2.36. The molecule has 0 saturated heterocycles. The molecule has 0 saturated carbocycles. The van der Waals surface area contributed by atoms with E-state index in [1.165, 1.54) is 7.05 Å². The number of amides is 2. The molecule has 0 aromatic rings. The van der Waals surface area contributed by atoms with Gasteiger partial charge in [0.05, 0.1) is 0 Å². The zero-order valence-electron chi connectivity index (χ0n) is 10.1. The van der Waals surface area contributed by atoms with Gasteiger partial charge in [0, 0.05) is 23.8 Å². The van der Waals surface area contributed by atoms with E-state index < -0.39 is 0 Å². The fourth-order valence-corrected chi connectivity index (χ4v) is 2.32. The molecule has 0 N–H and O–H groups in total. The molecule has 1 heterocycles. The molecule has 2 amide bonds. The molecule has 17 heavy (non-hydrogen) atoms. The number of rotatable bonds is 1. The highest BCUT2D eigenvalue weighted by Gasteiger charge is 2.35. The summed E-state index contributed by atoms with van der Waals surface area (Å²) in [4.78, 5) is 25.2. The van der Waals surface area contributed by atoms with Gasteiger partial charge in [0.2, 0.25) is 0 Å². The van der Waals surface area contributed by atoms with Crippen molar-refractivity contribution in [3.63, 3.8) is 0 Å². The molecule has 0 aromatic carbocycles. The Morgan fingerprint density at radius 3 is 2.65 bits per heavy atom. The van der Waals surface area contributed by atoms with Crippen LogP contribution in [0.3, 0.4) is 0 Å². The van der Waals surface area contributed by atoms with E-state index in [0.29, 0.717) is 11.1 Å². The van der Waals surface area contributed by atoms with Crippen molar-refractivity contribution in [1.29, 1.82) is 0 Å². The van der Waals surface area contributed by atoms with E-state index in [9.17, 15) is 9.59 Å². The molecule has 88 valence electrons. The highest BCUT2D eigenvalue weighted by molar-refractivity contribution is 6.18. The van der Waals surface area contributed by atoms with Gasteiger partial charge < -0.3 is 0 Å². The summed E-state index contributed by atoms with van der Waals surface area (Å²) in [5.74, 6) is -0.479. The number of hydrogen-bond acceptors (Lipinski definition) is 2. The molecule has 0 unspecified atom stereocenters. The molecule has 3 heteroatoms. The first-order valence-electron chi connectivity index (χ1n) is 5.67. The lowest BCUT2D eigenvalue weighted by molar-refractivity contribution is -0.138. The van der Waals surface area contributed by atoms with Crippen LogP contribution in [0.25, 0.3) is 0 Å². The van der Waals surface area contributed by atoms with E-state index in [1.54, 1.807) is 6.08 Å². The Bertz CT molecular complexity index is 506. The number of imide groups is 1. The molecule has 0 aromatic heterocycles. The quantitative estimate of drug-likeness (QED) is 0.646. The third-order valence-corrected chi connectivity index (χ3v) is 3.24. The van der Waals surface area contributed by atoms with Crippen molar-refractivity contribution in [2.24, 2.45) is 0 Å². The third kappa shape index (κ3) is 1.58. The van der Waals surface area contributed by atoms with Crippen LogP contribution in [0.5, 0.6) is 0 Å². The third-order valence-electron chi connectivity index (χ3n) is 3.24. The molecule has 0 fully saturated rings. The van der Waals surface area contributed by atoms with Crippen molar-refractivity contribution in [3.05, 3.63) is 47.1 Å². The molecule has 1 aliphatic heterocycles.